The lowest BCUT2D eigenvalue weighted by Crippen LogP contribution is -2.44. The Kier molecular flexibility index (Phi) is 4.73. The third-order valence-electron chi connectivity index (χ3n) is 3.45. The van der Waals surface area contributed by atoms with Gasteiger partial charge in [0.1, 0.15) is 5.75 Å². The van der Waals surface area contributed by atoms with Gasteiger partial charge < -0.3 is 15.7 Å². The van der Waals surface area contributed by atoms with Crippen LogP contribution in [0.3, 0.4) is 0 Å². The second-order valence-corrected chi connectivity index (χ2v) is 4.95. The maximum Gasteiger partial charge on any atom is 0.229 e. The van der Waals surface area contributed by atoms with Crippen molar-refractivity contribution >= 4 is 5.91 Å². The van der Waals surface area contributed by atoms with Crippen molar-refractivity contribution in [2.45, 2.75) is 26.8 Å². The molecule has 0 aromatic heterocycles. The minimum absolute atomic E-state index is 0.0561. The molecule has 0 aliphatic heterocycles. The van der Waals surface area contributed by atoms with Crippen molar-refractivity contribution in [3.05, 3.63) is 29.8 Å². The number of benzene rings is 1. The van der Waals surface area contributed by atoms with E-state index in [0.717, 1.165) is 12.0 Å². The summed E-state index contributed by atoms with van der Waals surface area (Å²) in [6, 6.07) is 6.86. The van der Waals surface area contributed by atoms with Crippen LogP contribution in [-0.2, 0) is 11.3 Å². The van der Waals surface area contributed by atoms with Crippen LogP contribution in [0.5, 0.6) is 5.75 Å². The van der Waals surface area contributed by atoms with Gasteiger partial charge in [0, 0.05) is 20.1 Å². The summed E-state index contributed by atoms with van der Waals surface area (Å²) < 4.78 is 0. The molecule has 0 spiro atoms. The summed E-state index contributed by atoms with van der Waals surface area (Å²) in [5, 5.41) is 9.21. The highest BCUT2D eigenvalue weighted by atomic mass is 16.3. The second kappa shape index (κ2) is 5.87. The van der Waals surface area contributed by atoms with Crippen molar-refractivity contribution in [1.29, 1.82) is 0 Å². The van der Waals surface area contributed by atoms with Crippen LogP contribution in [-0.4, -0.2) is 29.5 Å². The average molecular weight is 250 g/mol. The number of hydrogen-bond donors (Lipinski definition) is 2. The van der Waals surface area contributed by atoms with E-state index in [1.807, 2.05) is 26.0 Å². The molecular weight excluding hydrogens is 228 g/mol. The molecule has 100 valence electrons. The molecule has 0 saturated carbocycles. The molecule has 0 radical (unpaired) electrons. The number of nitrogens with two attached hydrogens (primary N) is 1. The van der Waals surface area contributed by atoms with Crippen LogP contribution in [0.4, 0.5) is 0 Å². The fraction of sp³-hybridized carbons (Fsp3) is 0.500. The van der Waals surface area contributed by atoms with E-state index in [0.29, 0.717) is 13.1 Å². The summed E-state index contributed by atoms with van der Waals surface area (Å²) in [4.78, 5) is 14.0. The van der Waals surface area contributed by atoms with Crippen molar-refractivity contribution in [2.24, 2.45) is 11.1 Å². The molecule has 1 unspecified atom stereocenters. The number of hydrogen-bond acceptors (Lipinski definition) is 3. The fourth-order valence-corrected chi connectivity index (χ4v) is 1.79. The van der Waals surface area contributed by atoms with Crippen LogP contribution >= 0.6 is 0 Å². The van der Waals surface area contributed by atoms with Crippen LogP contribution in [0.15, 0.2) is 24.3 Å². The minimum atomic E-state index is -0.494. The lowest BCUT2D eigenvalue weighted by Gasteiger charge is -2.30. The Balaban J connectivity index is 2.73. The largest absolute Gasteiger partial charge is 0.508 e. The van der Waals surface area contributed by atoms with Crippen molar-refractivity contribution in [3.8, 4) is 5.75 Å². The zero-order valence-corrected chi connectivity index (χ0v) is 11.3. The number of amides is 1. The van der Waals surface area contributed by atoms with E-state index in [1.54, 1.807) is 24.1 Å². The molecule has 3 N–H and O–H groups in total. The average Bonchev–Trinajstić information content (AvgIpc) is 2.39. The molecule has 4 heteroatoms. The Morgan fingerprint density at radius 3 is 2.39 bits per heavy atom. The SMILES string of the molecule is CCC(C)(CN)C(=O)N(C)Cc1ccc(O)cc1. The van der Waals surface area contributed by atoms with Gasteiger partial charge in [-0.1, -0.05) is 19.1 Å². The summed E-state index contributed by atoms with van der Waals surface area (Å²) in [6.07, 6.45) is 0.724. The molecule has 0 heterocycles. The smallest absolute Gasteiger partial charge is 0.229 e. The van der Waals surface area contributed by atoms with Crippen molar-refractivity contribution < 1.29 is 9.90 Å². The van der Waals surface area contributed by atoms with E-state index in [-0.39, 0.29) is 11.7 Å². The van der Waals surface area contributed by atoms with Gasteiger partial charge in [-0.15, -0.1) is 0 Å². The third-order valence-corrected chi connectivity index (χ3v) is 3.45. The number of aromatic hydroxyl groups is 1. The van der Waals surface area contributed by atoms with Gasteiger partial charge in [0.2, 0.25) is 5.91 Å². The fourth-order valence-electron chi connectivity index (χ4n) is 1.79. The van der Waals surface area contributed by atoms with Crippen LogP contribution in [0.1, 0.15) is 25.8 Å². The molecule has 0 bridgehead atoms. The van der Waals surface area contributed by atoms with E-state index >= 15 is 0 Å². The molecule has 18 heavy (non-hydrogen) atoms. The highest BCUT2D eigenvalue weighted by molar-refractivity contribution is 5.82. The summed E-state index contributed by atoms with van der Waals surface area (Å²) in [7, 11) is 1.78. The van der Waals surface area contributed by atoms with E-state index < -0.39 is 5.41 Å². The molecular formula is C14H22N2O2. The molecule has 1 aromatic rings. The lowest BCUT2D eigenvalue weighted by molar-refractivity contribution is -0.140. The van der Waals surface area contributed by atoms with E-state index in [2.05, 4.69) is 0 Å². The Bertz CT molecular complexity index is 397. The molecule has 4 nitrogen and oxygen atoms in total. The molecule has 1 rings (SSSR count). The predicted octanol–water partition coefficient (Wildman–Crippen LogP) is 1.73. The summed E-state index contributed by atoms with van der Waals surface area (Å²) in [5.41, 5.74) is 6.18. The molecule has 1 atom stereocenters. The quantitative estimate of drug-likeness (QED) is 0.836. The number of phenolic OH excluding ortho intramolecular Hbond substituents is 1. The van der Waals surface area contributed by atoms with Crippen molar-refractivity contribution in [3.63, 3.8) is 0 Å². The van der Waals surface area contributed by atoms with E-state index in [1.165, 1.54) is 0 Å². The van der Waals surface area contributed by atoms with E-state index in [4.69, 9.17) is 5.73 Å². The summed E-state index contributed by atoms with van der Waals surface area (Å²) >= 11 is 0. The van der Waals surface area contributed by atoms with Crippen molar-refractivity contribution in [1.82, 2.24) is 4.90 Å². The Morgan fingerprint density at radius 2 is 1.94 bits per heavy atom. The van der Waals surface area contributed by atoms with Crippen LogP contribution in [0.25, 0.3) is 0 Å². The third kappa shape index (κ3) is 3.23. The van der Waals surface area contributed by atoms with Gasteiger partial charge in [0.05, 0.1) is 5.41 Å². The molecule has 1 amide bonds. The lowest BCUT2D eigenvalue weighted by atomic mass is 9.86. The maximum absolute atomic E-state index is 12.3. The molecule has 1 aromatic carbocycles. The zero-order valence-electron chi connectivity index (χ0n) is 11.3. The predicted molar refractivity (Wildman–Crippen MR) is 72.0 cm³/mol. The highest BCUT2D eigenvalue weighted by Gasteiger charge is 2.32. The molecule has 0 aliphatic carbocycles. The first-order valence-electron chi connectivity index (χ1n) is 6.16. The van der Waals surface area contributed by atoms with Crippen LogP contribution < -0.4 is 5.73 Å². The van der Waals surface area contributed by atoms with Gasteiger partial charge in [0.25, 0.3) is 0 Å². The Morgan fingerprint density at radius 1 is 1.39 bits per heavy atom. The Labute approximate surface area is 108 Å². The van der Waals surface area contributed by atoms with Crippen LogP contribution in [0, 0.1) is 5.41 Å². The first kappa shape index (κ1) is 14.5. The van der Waals surface area contributed by atoms with Gasteiger partial charge in [-0.25, -0.2) is 0 Å². The first-order chi connectivity index (χ1) is 8.42. The first-order valence-corrected chi connectivity index (χ1v) is 6.16. The normalized spacial score (nSPS) is 14.0. The highest BCUT2D eigenvalue weighted by Crippen LogP contribution is 2.23. The molecule has 0 aliphatic rings. The second-order valence-electron chi connectivity index (χ2n) is 4.95. The number of phenols is 1. The van der Waals surface area contributed by atoms with Gasteiger partial charge >= 0.3 is 0 Å². The summed E-state index contributed by atoms with van der Waals surface area (Å²) in [6.45, 7) is 4.73. The molecule has 0 saturated heterocycles. The van der Waals surface area contributed by atoms with Gasteiger partial charge in [-0.3, -0.25) is 4.79 Å². The maximum atomic E-state index is 12.3. The van der Waals surface area contributed by atoms with E-state index in [9.17, 15) is 9.90 Å². The molecule has 0 fully saturated rings. The number of carbonyl (C=O) groups excluding carboxylic acids is 1. The summed E-state index contributed by atoms with van der Waals surface area (Å²) in [5.74, 6) is 0.286. The van der Waals surface area contributed by atoms with Crippen molar-refractivity contribution in [2.75, 3.05) is 13.6 Å². The standard InChI is InChI=1S/C14H22N2O2/c1-4-14(2,10-15)13(18)16(3)9-11-5-7-12(17)8-6-11/h5-8,17H,4,9-10,15H2,1-3H3. The van der Waals surface area contributed by atoms with Gasteiger partial charge in [-0.05, 0) is 31.0 Å². The zero-order chi connectivity index (χ0) is 13.8. The minimum Gasteiger partial charge on any atom is -0.508 e. The number of carbonyl (C=O) groups is 1. The van der Waals surface area contributed by atoms with Crippen LogP contribution in [0.2, 0.25) is 0 Å². The number of nitrogens with zero attached hydrogens (tertiary/aromatic N) is 1. The van der Waals surface area contributed by atoms with Gasteiger partial charge in [0.15, 0.2) is 0 Å². The Hall–Kier alpha value is -1.55. The monoisotopic (exact) mass is 250 g/mol. The van der Waals surface area contributed by atoms with Gasteiger partial charge in [-0.2, -0.15) is 0 Å². The number of rotatable bonds is 5. The topological polar surface area (TPSA) is 66.6 Å².